The molecule has 1 aromatic rings. The number of aryl methyl sites for hydroxylation is 2. The van der Waals surface area contributed by atoms with E-state index in [9.17, 15) is 0 Å². The van der Waals surface area contributed by atoms with Gasteiger partial charge in [0.15, 0.2) is 0 Å². The molecule has 0 aromatic heterocycles. The Morgan fingerprint density at radius 2 is 1.75 bits per heavy atom. The Hall–Kier alpha value is -1.06. The van der Waals surface area contributed by atoms with E-state index in [1.54, 1.807) is 0 Å². The van der Waals surface area contributed by atoms with Crippen molar-refractivity contribution in [2.75, 3.05) is 26.4 Å². The number of nitrogens with one attached hydrogen (secondary N) is 1. The lowest BCUT2D eigenvalue weighted by Crippen LogP contribution is -2.19. The molecule has 1 rings (SSSR count). The molecule has 0 spiro atoms. The molecule has 0 saturated heterocycles. The molecule has 0 bridgehead atoms. The van der Waals surface area contributed by atoms with Gasteiger partial charge in [0.05, 0.1) is 6.61 Å². The van der Waals surface area contributed by atoms with E-state index in [2.05, 4.69) is 45.1 Å². The van der Waals surface area contributed by atoms with Gasteiger partial charge in [-0.2, -0.15) is 0 Å². The van der Waals surface area contributed by atoms with E-state index >= 15 is 0 Å². The van der Waals surface area contributed by atoms with E-state index in [1.807, 2.05) is 6.92 Å². The molecule has 3 heteroatoms. The molecule has 0 atom stereocenters. The molecule has 0 heterocycles. The Labute approximate surface area is 123 Å². The van der Waals surface area contributed by atoms with Crippen molar-refractivity contribution in [3.8, 4) is 5.75 Å². The van der Waals surface area contributed by atoms with Crippen LogP contribution in [-0.2, 0) is 11.3 Å². The van der Waals surface area contributed by atoms with E-state index in [1.165, 1.54) is 16.7 Å². The maximum atomic E-state index is 5.82. The molecule has 0 aliphatic heterocycles. The van der Waals surface area contributed by atoms with Crippen molar-refractivity contribution in [2.45, 2.75) is 41.2 Å². The second kappa shape index (κ2) is 8.98. The van der Waals surface area contributed by atoms with Gasteiger partial charge in [0.25, 0.3) is 0 Å². The van der Waals surface area contributed by atoms with Crippen LogP contribution < -0.4 is 10.1 Å². The number of hydrogen-bond acceptors (Lipinski definition) is 3. The molecular weight excluding hydrogens is 250 g/mol. The molecule has 20 heavy (non-hydrogen) atoms. The SMILES string of the molecule is CCOCCOc1c(C)cc(CNCC(C)C)cc1C. The quantitative estimate of drug-likeness (QED) is 0.702. The fourth-order valence-corrected chi connectivity index (χ4v) is 2.22. The minimum atomic E-state index is 0.612. The van der Waals surface area contributed by atoms with Gasteiger partial charge in [0.1, 0.15) is 12.4 Å². The summed E-state index contributed by atoms with van der Waals surface area (Å²) < 4.78 is 11.1. The van der Waals surface area contributed by atoms with E-state index < -0.39 is 0 Å². The molecule has 0 aliphatic carbocycles. The highest BCUT2D eigenvalue weighted by molar-refractivity contribution is 5.43. The number of ether oxygens (including phenoxy) is 2. The topological polar surface area (TPSA) is 30.5 Å². The number of rotatable bonds is 9. The van der Waals surface area contributed by atoms with Crippen LogP contribution in [0.2, 0.25) is 0 Å². The Kier molecular flexibility index (Phi) is 7.63. The Morgan fingerprint density at radius 3 is 2.30 bits per heavy atom. The van der Waals surface area contributed by atoms with Gasteiger partial charge in [0, 0.05) is 13.2 Å². The molecule has 0 radical (unpaired) electrons. The fraction of sp³-hybridized carbons (Fsp3) is 0.647. The summed E-state index contributed by atoms with van der Waals surface area (Å²) in [6, 6.07) is 4.41. The van der Waals surface area contributed by atoms with E-state index in [-0.39, 0.29) is 0 Å². The van der Waals surface area contributed by atoms with Crippen molar-refractivity contribution < 1.29 is 9.47 Å². The summed E-state index contributed by atoms with van der Waals surface area (Å²) in [4.78, 5) is 0. The molecule has 1 N–H and O–H groups in total. The predicted octanol–water partition coefficient (Wildman–Crippen LogP) is 3.46. The monoisotopic (exact) mass is 279 g/mol. The Balaban J connectivity index is 2.56. The van der Waals surface area contributed by atoms with E-state index in [4.69, 9.17) is 9.47 Å². The second-order valence-corrected chi connectivity index (χ2v) is 5.63. The predicted molar refractivity (Wildman–Crippen MR) is 84.4 cm³/mol. The summed E-state index contributed by atoms with van der Waals surface area (Å²) in [7, 11) is 0. The zero-order valence-electron chi connectivity index (χ0n) is 13.6. The van der Waals surface area contributed by atoms with Crippen LogP contribution >= 0.6 is 0 Å². The lowest BCUT2D eigenvalue weighted by molar-refractivity contribution is 0.109. The van der Waals surface area contributed by atoms with Gasteiger partial charge in [-0.3, -0.25) is 0 Å². The van der Waals surface area contributed by atoms with E-state index in [0.717, 1.165) is 25.4 Å². The van der Waals surface area contributed by atoms with Gasteiger partial charge in [-0.15, -0.1) is 0 Å². The highest BCUT2D eigenvalue weighted by atomic mass is 16.5. The molecule has 0 unspecified atom stereocenters. The van der Waals surface area contributed by atoms with Crippen molar-refractivity contribution in [1.29, 1.82) is 0 Å². The molecule has 0 amide bonds. The highest BCUT2D eigenvalue weighted by Gasteiger charge is 2.06. The van der Waals surface area contributed by atoms with Crippen molar-refractivity contribution in [3.05, 3.63) is 28.8 Å². The van der Waals surface area contributed by atoms with Crippen LogP contribution in [-0.4, -0.2) is 26.4 Å². The van der Waals surface area contributed by atoms with Crippen molar-refractivity contribution in [3.63, 3.8) is 0 Å². The van der Waals surface area contributed by atoms with Crippen LogP contribution in [0.3, 0.4) is 0 Å². The van der Waals surface area contributed by atoms with Crippen molar-refractivity contribution in [2.24, 2.45) is 5.92 Å². The zero-order valence-corrected chi connectivity index (χ0v) is 13.6. The van der Waals surface area contributed by atoms with Crippen LogP contribution in [0.5, 0.6) is 5.75 Å². The number of benzene rings is 1. The zero-order chi connectivity index (χ0) is 15.0. The minimum Gasteiger partial charge on any atom is -0.491 e. The summed E-state index contributed by atoms with van der Waals surface area (Å²) in [5.41, 5.74) is 3.71. The maximum Gasteiger partial charge on any atom is 0.125 e. The average molecular weight is 279 g/mol. The molecule has 0 aliphatic rings. The Bertz CT molecular complexity index is 379. The third-order valence-electron chi connectivity index (χ3n) is 3.08. The molecule has 3 nitrogen and oxygen atoms in total. The van der Waals surface area contributed by atoms with Gasteiger partial charge in [-0.25, -0.2) is 0 Å². The van der Waals surface area contributed by atoms with Crippen LogP contribution in [0.15, 0.2) is 12.1 Å². The summed E-state index contributed by atoms with van der Waals surface area (Å²) in [5, 5.41) is 3.47. The smallest absolute Gasteiger partial charge is 0.125 e. The average Bonchev–Trinajstić information content (AvgIpc) is 2.36. The normalized spacial score (nSPS) is 11.1. The van der Waals surface area contributed by atoms with Crippen LogP contribution in [0.25, 0.3) is 0 Å². The van der Waals surface area contributed by atoms with Gasteiger partial charge < -0.3 is 14.8 Å². The fourth-order valence-electron chi connectivity index (χ4n) is 2.22. The third kappa shape index (κ3) is 5.93. The second-order valence-electron chi connectivity index (χ2n) is 5.63. The molecular formula is C17H29NO2. The maximum absolute atomic E-state index is 5.82. The largest absolute Gasteiger partial charge is 0.491 e. The first kappa shape index (κ1) is 17.0. The molecule has 0 fully saturated rings. The van der Waals surface area contributed by atoms with E-state index in [0.29, 0.717) is 19.1 Å². The standard InChI is InChI=1S/C17H29NO2/c1-6-19-7-8-20-17-14(4)9-16(10-15(17)5)12-18-11-13(2)3/h9-10,13,18H,6-8,11-12H2,1-5H3. The first-order chi connectivity index (χ1) is 9.54. The van der Waals surface area contributed by atoms with Gasteiger partial charge >= 0.3 is 0 Å². The molecule has 0 saturated carbocycles. The summed E-state index contributed by atoms with van der Waals surface area (Å²) in [6.45, 7) is 14.6. The van der Waals surface area contributed by atoms with Crippen LogP contribution in [0.4, 0.5) is 0 Å². The van der Waals surface area contributed by atoms with Crippen LogP contribution in [0.1, 0.15) is 37.5 Å². The minimum absolute atomic E-state index is 0.612. The highest BCUT2D eigenvalue weighted by Crippen LogP contribution is 2.24. The van der Waals surface area contributed by atoms with Gasteiger partial charge in [0.2, 0.25) is 0 Å². The lowest BCUT2D eigenvalue weighted by atomic mass is 10.1. The summed E-state index contributed by atoms with van der Waals surface area (Å²) in [5.74, 6) is 1.68. The molecule has 1 aromatic carbocycles. The molecule has 114 valence electrons. The summed E-state index contributed by atoms with van der Waals surface area (Å²) >= 11 is 0. The number of hydrogen-bond donors (Lipinski definition) is 1. The van der Waals surface area contributed by atoms with Crippen LogP contribution in [0, 0.1) is 19.8 Å². The third-order valence-corrected chi connectivity index (χ3v) is 3.08. The first-order valence-corrected chi connectivity index (χ1v) is 7.56. The van der Waals surface area contributed by atoms with Gasteiger partial charge in [-0.05, 0) is 49.9 Å². The van der Waals surface area contributed by atoms with Crippen molar-refractivity contribution >= 4 is 0 Å². The Morgan fingerprint density at radius 1 is 1.10 bits per heavy atom. The lowest BCUT2D eigenvalue weighted by Gasteiger charge is -2.15. The van der Waals surface area contributed by atoms with Crippen molar-refractivity contribution in [1.82, 2.24) is 5.32 Å². The van der Waals surface area contributed by atoms with Gasteiger partial charge in [-0.1, -0.05) is 26.0 Å². The summed E-state index contributed by atoms with van der Waals surface area (Å²) in [6.07, 6.45) is 0. The first-order valence-electron chi connectivity index (χ1n) is 7.56.